The minimum absolute atomic E-state index is 0.111. The van der Waals surface area contributed by atoms with Crippen molar-refractivity contribution in [3.05, 3.63) is 17.5 Å². The summed E-state index contributed by atoms with van der Waals surface area (Å²) in [4.78, 5) is 2.39. The summed E-state index contributed by atoms with van der Waals surface area (Å²) in [6, 6.07) is -0.146. The second-order valence-corrected chi connectivity index (χ2v) is 10.4. The van der Waals surface area contributed by atoms with Crippen LogP contribution in [0.2, 0.25) is 0 Å². The van der Waals surface area contributed by atoms with Gasteiger partial charge in [-0.05, 0) is 25.7 Å². The minimum atomic E-state index is -3.30. The van der Waals surface area contributed by atoms with E-state index in [1.54, 1.807) is 0 Å². The van der Waals surface area contributed by atoms with Crippen LogP contribution in [0.1, 0.15) is 50.8 Å². The minimum Gasteiger partial charge on any atom is -0.371 e. The maximum absolute atomic E-state index is 12.6. The Bertz CT molecular complexity index is 742. The summed E-state index contributed by atoms with van der Waals surface area (Å²) in [5, 5.41) is 4.34. The van der Waals surface area contributed by atoms with E-state index in [0.29, 0.717) is 6.61 Å². The molecule has 0 radical (unpaired) electrons. The van der Waals surface area contributed by atoms with Crippen molar-refractivity contribution < 1.29 is 13.2 Å². The second-order valence-electron chi connectivity index (χ2n) is 8.59. The van der Waals surface area contributed by atoms with Gasteiger partial charge in [-0.15, -0.1) is 0 Å². The molecule has 3 rings (SSSR count). The first-order valence-corrected chi connectivity index (χ1v) is 11.7. The molecule has 1 aromatic rings. The number of nitrogens with zero attached hydrogens (tertiary/aromatic N) is 3. The average Bonchev–Trinajstić information content (AvgIpc) is 2.88. The van der Waals surface area contributed by atoms with Crippen molar-refractivity contribution in [3.63, 3.8) is 0 Å². The van der Waals surface area contributed by atoms with Gasteiger partial charge in [0.25, 0.3) is 0 Å². The van der Waals surface area contributed by atoms with Crippen LogP contribution < -0.4 is 4.72 Å². The molecule has 2 atom stereocenters. The molecule has 7 nitrogen and oxygen atoms in total. The van der Waals surface area contributed by atoms with Gasteiger partial charge in [-0.3, -0.25) is 9.58 Å². The summed E-state index contributed by atoms with van der Waals surface area (Å²) in [6.07, 6.45) is 5.81. The van der Waals surface area contributed by atoms with E-state index in [-0.39, 0.29) is 17.7 Å². The van der Waals surface area contributed by atoms with E-state index >= 15 is 0 Å². The molecule has 0 unspecified atom stereocenters. The maximum atomic E-state index is 12.6. The molecule has 2 aliphatic rings. The predicted molar refractivity (Wildman–Crippen MR) is 106 cm³/mol. The largest absolute Gasteiger partial charge is 0.371 e. The average molecular weight is 399 g/mol. The summed E-state index contributed by atoms with van der Waals surface area (Å²) in [5.41, 5.74) is 1.98. The molecule has 1 spiro atoms. The van der Waals surface area contributed by atoms with Gasteiger partial charge in [-0.25, -0.2) is 13.1 Å². The summed E-state index contributed by atoms with van der Waals surface area (Å²) in [7, 11) is -1.34. The summed E-state index contributed by atoms with van der Waals surface area (Å²) in [5.74, 6) is 0.275. The topological polar surface area (TPSA) is 76.5 Å². The zero-order valence-electron chi connectivity index (χ0n) is 17.1. The van der Waals surface area contributed by atoms with Crippen LogP contribution in [0.25, 0.3) is 0 Å². The van der Waals surface area contributed by atoms with Gasteiger partial charge >= 0.3 is 0 Å². The van der Waals surface area contributed by atoms with Crippen LogP contribution in [0.3, 0.4) is 0 Å². The van der Waals surface area contributed by atoms with Crippen molar-refractivity contribution in [1.29, 1.82) is 0 Å². The van der Waals surface area contributed by atoms with E-state index in [4.69, 9.17) is 4.74 Å². The molecular weight excluding hydrogens is 364 g/mol. The lowest BCUT2D eigenvalue weighted by Crippen LogP contribution is -2.64. The molecule has 1 aliphatic heterocycles. The van der Waals surface area contributed by atoms with Crippen molar-refractivity contribution >= 4 is 10.0 Å². The van der Waals surface area contributed by atoms with Crippen molar-refractivity contribution in [1.82, 2.24) is 19.4 Å². The standard InChI is InChI=1S/C19H34N4O3S/c1-15(2)13-27(24,25)21-18-7-5-6-8-19(18)14-23(9-10-26-19)12-17-11-20-22(4)16(17)3/h11,15,18,21H,5-10,12-14H2,1-4H3/t18-,19-/m0/s1. The van der Waals surface area contributed by atoms with Crippen LogP contribution in [-0.2, 0) is 28.4 Å². The fourth-order valence-corrected chi connectivity index (χ4v) is 6.14. The van der Waals surface area contributed by atoms with Crippen molar-refractivity contribution in [3.8, 4) is 0 Å². The number of aryl methyl sites for hydroxylation is 1. The number of aromatic nitrogens is 2. The lowest BCUT2D eigenvalue weighted by Gasteiger charge is -2.49. The highest BCUT2D eigenvalue weighted by atomic mass is 32.2. The highest BCUT2D eigenvalue weighted by Crippen LogP contribution is 2.36. The number of rotatable bonds is 6. The van der Waals surface area contributed by atoms with Crippen LogP contribution >= 0.6 is 0 Å². The number of hydrogen-bond acceptors (Lipinski definition) is 5. The predicted octanol–water partition coefficient (Wildman–Crippen LogP) is 1.82. The van der Waals surface area contributed by atoms with Gasteiger partial charge in [-0.1, -0.05) is 26.7 Å². The van der Waals surface area contributed by atoms with Gasteiger partial charge in [0.2, 0.25) is 10.0 Å². The first-order valence-electron chi connectivity index (χ1n) is 10.0. The van der Waals surface area contributed by atoms with Crippen molar-refractivity contribution in [2.45, 2.75) is 64.6 Å². The molecule has 2 heterocycles. The van der Waals surface area contributed by atoms with E-state index in [2.05, 4.69) is 21.6 Å². The molecule has 2 fully saturated rings. The summed E-state index contributed by atoms with van der Waals surface area (Å²) >= 11 is 0. The van der Waals surface area contributed by atoms with E-state index in [1.807, 2.05) is 31.8 Å². The second kappa shape index (κ2) is 8.19. The van der Waals surface area contributed by atoms with E-state index in [9.17, 15) is 8.42 Å². The Balaban J connectivity index is 1.74. The summed E-state index contributed by atoms with van der Waals surface area (Å²) < 4.78 is 36.3. The van der Waals surface area contributed by atoms with E-state index < -0.39 is 15.6 Å². The molecule has 1 aliphatic carbocycles. The molecule has 0 amide bonds. The number of hydrogen-bond donors (Lipinski definition) is 1. The highest BCUT2D eigenvalue weighted by Gasteiger charge is 2.46. The number of nitrogens with one attached hydrogen (secondary N) is 1. The Kier molecular flexibility index (Phi) is 6.30. The van der Waals surface area contributed by atoms with Gasteiger partial charge in [0.05, 0.1) is 30.2 Å². The van der Waals surface area contributed by atoms with Crippen LogP contribution in [0.5, 0.6) is 0 Å². The first kappa shape index (κ1) is 20.8. The summed E-state index contributed by atoms with van der Waals surface area (Å²) in [6.45, 7) is 9.05. The Morgan fingerprint density at radius 3 is 2.85 bits per heavy atom. The number of sulfonamides is 1. The first-order chi connectivity index (χ1) is 12.7. The third-order valence-corrected chi connectivity index (χ3v) is 7.62. The number of ether oxygens (including phenoxy) is 1. The molecule has 1 aromatic heterocycles. The van der Waals surface area contributed by atoms with E-state index in [0.717, 1.165) is 45.3 Å². The normalized spacial score (nSPS) is 27.5. The lowest BCUT2D eigenvalue weighted by atomic mass is 9.79. The van der Waals surface area contributed by atoms with Gasteiger partial charge in [-0.2, -0.15) is 5.10 Å². The van der Waals surface area contributed by atoms with E-state index in [1.165, 1.54) is 11.3 Å². The van der Waals surface area contributed by atoms with Gasteiger partial charge < -0.3 is 4.74 Å². The van der Waals surface area contributed by atoms with Crippen LogP contribution in [0.15, 0.2) is 6.20 Å². The molecule has 27 heavy (non-hydrogen) atoms. The smallest absolute Gasteiger partial charge is 0.212 e. The maximum Gasteiger partial charge on any atom is 0.212 e. The SMILES string of the molecule is Cc1c(CN2CCO[C@@]3(CCCC[C@@H]3NS(=O)(=O)CC(C)C)C2)cnn1C. The monoisotopic (exact) mass is 398 g/mol. The Morgan fingerprint density at radius 1 is 1.41 bits per heavy atom. The van der Waals surface area contributed by atoms with Crippen LogP contribution in [0.4, 0.5) is 0 Å². The fraction of sp³-hybridized carbons (Fsp3) is 0.842. The van der Waals surface area contributed by atoms with Crippen molar-refractivity contribution in [2.75, 3.05) is 25.4 Å². The molecule has 0 bridgehead atoms. The Labute approximate surface area is 163 Å². The fourth-order valence-electron chi connectivity index (χ4n) is 4.40. The van der Waals surface area contributed by atoms with Crippen molar-refractivity contribution in [2.24, 2.45) is 13.0 Å². The Hall–Kier alpha value is -0.960. The highest BCUT2D eigenvalue weighted by molar-refractivity contribution is 7.89. The lowest BCUT2D eigenvalue weighted by molar-refractivity contribution is -0.141. The van der Waals surface area contributed by atoms with Gasteiger partial charge in [0, 0.05) is 37.9 Å². The molecule has 8 heteroatoms. The van der Waals surface area contributed by atoms with Crippen LogP contribution in [-0.4, -0.2) is 60.2 Å². The number of morpholine rings is 1. The van der Waals surface area contributed by atoms with Crippen LogP contribution in [0, 0.1) is 12.8 Å². The third-order valence-electron chi connectivity index (χ3n) is 5.87. The van der Waals surface area contributed by atoms with Gasteiger partial charge in [0.15, 0.2) is 0 Å². The molecule has 1 saturated heterocycles. The molecule has 0 aromatic carbocycles. The Morgan fingerprint density at radius 2 is 2.19 bits per heavy atom. The quantitative estimate of drug-likeness (QED) is 0.791. The van der Waals surface area contributed by atoms with Gasteiger partial charge in [0.1, 0.15) is 0 Å². The molecule has 1 saturated carbocycles. The zero-order valence-corrected chi connectivity index (χ0v) is 17.9. The molecule has 1 N–H and O–H groups in total. The zero-order chi connectivity index (χ0) is 19.7. The third kappa shape index (κ3) is 4.91. The molecule has 154 valence electrons. The molecular formula is C19H34N4O3S.